The Hall–Kier alpha value is -2.54. The zero-order chi connectivity index (χ0) is 17.3. The number of carbonyl (C=O) groups excluding carboxylic acids is 1. The topological polar surface area (TPSA) is 68.6 Å². The van der Waals surface area contributed by atoms with E-state index < -0.39 is 5.54 Å². The number of carbonyl (C=O) groups is 1. The predicted molar refractivity (Wildman–Crippen MR) is 91.3 cm³/mol. The Balaban J connectivity index is 1.55. The van der Waals surface area contributed by atoms with Crippen molar-refractivity contribution in [2.75, 3.05) is 26.9 Å². The summed E-state index contributed by atoms with van der Waals surface area (Å²) >= 11 is 0. The number of ether oxygens (including phenoxy) is 2. The van der Waals surface area contributed by atoms with Crippen molar-refractivity contribution in [2.45, 2.75) is 24.9 Å². The largest absolute Gasteiger partial charge is 0.454 e. The number of hydrogen-bond donors (Lipinski definition) is 1. The third-order valence-electron chi connectivity index (χ3n) is 4.98. The van der Waals surface area contributed by atoms with Gasteiger partial charge in [-0.15, -0.1) is 0 Å². The molecule has 1 N–H and O–H groups in total. The van der Waals surface area contributed by atoms with Crippen LogP contribution in [0.2, 0.25) is 0 Å². The van der Waals surface area contributed by atoms with Gasteiger partial charge in [-0.2, -0.15) is 5.10 Å². The van der Waals surface area contributed by atoms with Gasteiger partial charge in [0, 0.05) is 26.0 Å². The molecule has 0 aliphatic carbocycles. The van der Waals surface area contributed by atoms with Crippen LogP contribution >= 0.6 is 0 Å². The highest BCUT2D eigenvalue weighted by Crippen LogP contribution is 2.34. The van der Waals surface area contributed by atoms with Crippen LogP contribution in [0.5, 0.6) is 11.5 Å². The van der Waals surface area contributed by atoms with Crippen molar-refractivity contribution in [2.24, 2.45) is 0 Å². The minimum absolute atomic E-state index is 0.0929. The number of likely N-dealkylation sites (N-methyl/N-ethyl adjacent to an activating group) is 1. The summed E-state index contributed by atoms with van der Waals surface area (Å²) < 4.78 is 12.6. The first-order valence-electron chi connectivity index (χ1n) is 8.54. The van der Waals surface area contributed by atoms with E-state index in [0.717, 1.165) is 43.0 Å². The second-order valence-electron chi connectivity index (χ2n) is 6.58. The van der Waals surface area contributed by atoms with Crippen molar-refractivity contribution in [1.82, 2.24) is 20.0 Å². The number of nitrogens with zero attached hydrogens (tertiary/aromatic N) is 3. The standard InChI is InChI=1S/C18H22N4O3/c1-21(12-14-3-4-15-16(11-14)25-13-24-15)17(23)18(5-8-19-9-6-18)22-10-2-7-20-22/h2-4,7,10-11,19H,5-6,8-9,12-13H2,1H3. The monoisotopic (exact) mass is 342 g/mol. The lowest BCUT2D eigenvalue weighted by molar-refractivity contribution is -0.142. The normalized spacial score (nSPS) is 18.1. The fourth-order valence-electron chi connectivity index (χ4n) is 3.64. The smallest absolute Gasteiger partial charge is 0.250 e. The number of piperidine rings is 1. The van der Waals surface area contributed by atoms with Crippen LogP contribution in [-0.2, 0) is 16.9 Å². The first-order valence-corrected chi connectivity index (χ1v) is 8.54. The average Bonchev–Trinajstić information content (AvgIpc) is 3.33. The molecule has 1 saturated heterocycles. The van der Waals surface area contributed by atoms with Crippen LogP contribution in [0, 0.1) is 0 Å². The molecule has 0 unspecified atom stereocenters. The summed E-state index contributed by atoms with van der Waals surface area (Å²) in [5, 5.41) is 7.71. The number of benzene rings is 1. The Bertz CT molecular complexity index is 754. The Labute approximate surface area is 146 Å². The first-order chi connectivity index (χ1) is 12.2. The molecule has 0 bridgehead atoms. The van der Waals surface area contributed by atoms with E-state index in [4.69, 9.17) is 9.47 Å². The average molecular weight is 342 g/mol. The summed E-state index contributed by atoms with van der Waals surface area (Å²) in [6.07, 6.45) is 5.09. The molecular formula is C18H22N4O3. The van der Waals surface area contributed by atoms with Crippen LogP contribution in [0.25, 0.3) is 0 Å². The van der Waals surface area contributed by atoms with Gasteiger partial charge in [0.2, 0.25) is 6.79 Å². The van der Waals surface area contributed by atoms with Gasteiger partial charge in [0.1, 0.15) is 5.54 Å². The summed E-state index contributed by atoms with van der Waals surface area (Å²) in [6, 6.07) is 7.67. The first kappa shape index (κ1) is 16.0. The van der Waals surface area contributed by atoms with Crippen molar-refractivity contribution in [3.63, 3.8) is 0 Å². The lowest BCUT2D eigenvalue weighted by Crippen LogP contribution is -2.54. The quantitative estimate of drug-likeness (QED) is 0.908. The van der Waals surface area contributed by atoms with Crippen LogP contribution in [-0.4, -0.2) is 47.5 Å². The van der Waals surface area contributed by atoms with Gasteiger partial charge >= 0.3 is 0 Å². The molecule has 0 saturated carbocycles. The molecule has 7 heteroatoms. The molecule has 1 aromatic carbocycles. The molecule has 1 amide bonds. The van der Waals surface area contributed by atoms with Crippen LogP contribution in [0.3, 0.4) is 0 Å². The van der Waals surface area contributed by atoms with Crippen molar-refractivity contribution < 1.29 is 14.3 Å². The van der Waals surface area contributed by atoms with E-state index in [0.29, 0.717) is 6.54 Å². The van der Waals surface area contributed by atoms with E-state index >= 15 is 0 Å². The van der Waals surface area contributed by atoms with Gasteiger partial charge in [-0.25, -0.2) is 0 Å². The van der Waals surface area contributed by atoms with Crippen molar-refractivity contribution in [3.8, 4) is 11.5 Å². The fourth-order valence-corrected chi connectivity index (χ4v) is 3.64. The highest BCUT2D eigenvalue weighted by molar-refractivity contribution is 5.84. The summed E-state index contributed by atoms with van der Waals surface area (Å²) in [6.45, 7) is 2.39. The highest BCUT2D eigenvalue weighted by atomic mass is 16.7. The van der Waals surface area contributed by atoms with Crippen LogP contribution in [0.15, 0.2) is 36.7 Å². The third kappa shape index (κ3) is 2.84. The molecule has 132 valence electrons. The second kappa shape index (κ2) is 6.40. The fraction of sp³-hybridized carbons (Fsp3) is 0.444. The summed E-state index contributed by atoms with van der Waals surface area (Å²) in [7, 11) is 1.85. The maximum atomic E-state index is 13.3. The molecule has 0 atom stereocenters. The Morgan fingerprint density at radius 3 is 2.88 bits per heavy atom. The number of aromatic nitrogens is 2. The van der Waals surface area contributed by atoms with Gasteiger partial charge in [-0.05, 0) is 49.7 Å². The molecule has 0 spiro atoms. The van der Waals surface area contributed by atoms with Crippen molar-refractivity contribution in [3.05, 3.63) is 42.2 Å². The molecule has 1 fully saturated rings. The molecule has 25 heavy (non-hydrogen) atoms. The van der Waals surface area contributed by atoms with Gasteiger partial charge in [0.25, 0.3) is 5.91 Å². The van der Waals surface area contributed by atoms with Crippen LogP contribution in [0.4, 0.5) is 0 Å². The minimum Gasteiger partial charge on any atom is -0.454 e. The number of hydrogen-bond acceptors (Lipinski definition) is 5. The van der Waals surface area contributed by atoms with Gasteiger partial charge in [-0.1, -0.05) is 6.07 Å². The van der Waals surface area contributed by atoms with E-state index in [1.54, 1.807) is 11.1 Å². The van der Waals surface area contributed by atoms with Crippen molar-refractivity contribution in [1.29, 1.82) is 0 Å². The molecular weight excluding hydrogens is 320 g/mol. The summed E-state index contributed by atoms with van der Waals surface area (Å²) in [5.41, 5.74) is 0.407. The number of amides is 1. The number of rotatable bonds is 4. The lowest BCUT2D eigenvalue weighted by Gasteiger charge is -2.39. The third-order valence-corrected chi connectivity index (χ3v) is 4.98. The molecule has 2 aromatic rings. The van der Waals surface area contributed by atoms with Crippen LogP contribution in [0.1, 0.15) is 18.4 Å². The summed E-state index contributed by atoms with van der Waals surface area (Å²) in [4.78, 5) is 15.1. The van der Waals surface area contributed by atoms with Crippen LogP contribution < -0.4 is 14.8 Å². The SMILES string of the molecule is CN(Cc1ccc2c(c1)OCO2)C(=O)C1(n2cccn2)CCNCC1. The molecule has 4 rings (SSSR count). The maximum absolute atomic E-state index is 13.3. The zero-order valence-corrected chi connectivity index (χ0v) is 14.3. The van der Waals surface area contributed by atoms with Gasteiger partial charge in [0.05, 0.1) is 0 Å². The van der Waals surface area contributed by atoms with Crippen molar-refractivity contribution >= 4 is 5.91 Å². The molecule has 2 aliphatic rings. The van der Waals surface area contributed by atoms with E-state index in [2.05, 4.69) is 10.4 Å². The number of nitrogens with one attached hydrogen (secondary N) is 1. The molecule has 7 nitrogen and oxygen atoms in total. The molecule has 0 radical (unpaired) electrons. The second-order valence-corrected chi connectivity index (χ2v) is 6.58. The van der Waals surface area contributed by atoms with E-state index in [9.17, 15) is 4.79 Å². The minimum atomic E-state index is -0.611. The Kier molecular flexibility index (Phi) is 4.09. The van der Waals surface area contributed by atoms with Gasteiger partial charge in [-0.3, -0.25) is 9.48 Å². The summed E-state index contributed by atoms with van der Waals surface area (Å²) in [5.74, 6) is 1.58. The van der Waals surface area contributed by atoms with E-state index in [-0.39, 0.29) is 12.7 Å². The predicted octanol–water partition coefficient (Wildman–Crippen LogP) is 1.35. The maximum Gasteiger partial charge on any atom is 0.250 e. The van der Waals surface area contributed by atoms with E-state index in [1.165, 1.54) is 0 Å². The highest BCUT2D eigenvalue weighted by Gasteiger charge is 2.43. The molecule has 2 aliphatic heterocycles. The lowest BCUT2D eigenvalue weighted by atomic mass is 9.86. The van der Waals surface area contributed by atoms with E-state index in [1.807, 2.05) is 42.2 Å². The molecule has 3 heterocycles. The Morgan fingerprint density at radius 2 is 2.12 bits per heavy atom. The van der Waals surface area contributed by atoms with Gasteiger partial charge in [0.15, 0.2) is 11.5 Å². The number of fused-ring (bicyclic) bond motifs is 1. The van der Waals surface area contributed by atoms with Gasteiger partial charge < -0.3 is 19.7 Å². The Morgan fingerprint density at radius 1 is 1.32 bits per heavy atom. The molecule has 1 aromatic heterocycles. The zero-order valence-electron chi connectivity index (χ0n) is 14.3.